The van der Waals surface area contributed by atoms with Gasteiger partial charge in [0.2, 0.25) is 11.8 Å². The van der Waals surface area contributed by atoms with Gasteiger partial charge in [0.05, 0.1) is 10.6 Å². The average Bonchev–Trinajstić information content (AvgIpc) is 3.13. The molecule has 7 heteroatoms. The number of anilines is 1. The lowest BCUT2D eigenvalue weighted by molar-refractivity contribution is -0.136. The lowest BCUT2D eigenvalue weighted by Crippen LogP contribution is -2.55. The monoisotopic (exact) mass is 470 g/mol. The highest BCUT2D eigenvalue weighted by atomic mass is 32.1. The maximum atomic E-state index is 14.0. The molecule has 0 radical (unpaired) electrons. The van der Waals surface area contributed by atoms with Gasteiger partial charge in [-0.2, -0.15) is 0 Å². The Bertz CT molecular complexity index is 1040. The second-order valence-electron chi connectivity index (χ2n) is 10.3. The number of piperidine rings is 1. The van der Waals surface area contributed by atoms with Crippen molar-refractivity contribution in [3.8, 4) is 11.8 Å². The Morgan fingerprint density at radius 3 is 2.61 bits per heavy atom. The zero-order chi connectivity index (χ0) is 24.5. The minimum atomic E-state index is -1.11. The number of hydrogen-bond donors (Lipinski definition) is 1. The zero-order valence-electron chi connectivity index (χ0n) is 20.4. The molecule has 2 amide bonds. The molecule has 33 heavy (non-hydrogen) atoms. The Morgan fingerprint density at radius 2 is 2.00 bits per heavy atom. The summed E-state index contributed by atoms with van der Waals surface area (Å²) < 4.78 is 0. The van der Waals surface area contributed by atoms with E-state index in [9.17, 15) is 19.5 Å². The van der Waals surface area contributed by atoms with Crippen molar-refractivity contribution in [2.24, 2.45) is 17.3 Å². The molecule has 2 aliphatic rings. The molecule has 6 nitrogen and oxygen atoms in total. The Morgan fingerprint density at radius 1 is 1.30 bits per heavy atom. The third kappa shape index (κ3) is 5.67. The van der Waals surface area contributed by atoms with Crippen molar-refractivity contribution in [3.63, 3.8) is 0 Å². The summed E-state index contributed by atoms with van der Waals surface area (Å²) in [5.74, 6) is 4.61. The van der Waals surface area contributed by atoms with Gasteiger partial charge in [-0.1, -0.05) is 30.4 Å². The highest BCUT2D eigenvalue weighted by Crippen LogP contribution is 2.38. The minimum absolute atomic E-state index is 0.0535. The van der Waals surface area contributed by atoms with Crippen LogP contribution in [0.25, 0.3) is 0 Å². The first kappa shape index (κ1) is 25.0. The number of hydrogen-bond acceptors (Lipinski definition) is 4. The van der Waals surface area contributed by atoms with E-state index in [4.69, 9.17) is 0 Å². The second-order valence-corrected chi connectivity index (χ2v) is 11.4. The fraction of sp³-hybridized carbons (Fsp3) is 0.577. The van der Waals surface area contributed by atoms with Crippen LogP contribution < -0.4 is 4.90 Å². The number of carboxylic acid groups (broad SMARTS) is 1. The summed E-state index contributed by atoms with van der Waals surface area (Å²) >= 11 is 1.06. The van der Waals surface area contributed by atoms with Crippen LogP contribution in [0.5, 0.6) is 0 Å². The molecule has 1 aromatic heterocycles. The predicted molar refractivity (Wildman–Crippen MR) is 131 cm³/mol. The number of carbonyl (C=O) groups excluding carboxylic acids is 2. The Hall–Kier alpha value is -2.59. The Kier molecular flexibility index (Phi) is 7.38. The van der Waals surface area contributed by atoms with Crippen LogP contribution in [0.2, 0.25) is 0 Å². The highest BCUT2D eigenvalue weighted by Gasteiger charge is 2.41. The first-order chi connectivity index (χ1) is 15.4. The lowest BCUT2D eigenvalue weighted by atomic mass is 9.80. The van der Waals surface area contributed by atoms with Gasteiger partial charge in [0.15, 0.2) is 0 Å². The molecule has 178 valence electrons. The molecule has 1 unspecified atom stereocenters. The van der Waals surface area contributed by atoms with Gasteiger partial charge in [-0.05, 0) is 65.4 Å². The van der Waals surface area contributed by atoms with Crippen LogP contribution in [0.4, 0.5) is 5.69 Å². The molecule has 1 fully saturated rings. The molecule has 0 saturated carbocycles. The van der Waals surface area contributed by atoms with Crippen LogP contribution in [0, 0.1) is 29.1 Å². The molecule has 1 aromatic rings. The molecule has 1 aliphatic heterocycles. The molecule has 1 saturated heterocycles. The maximum absolute atomic E-state index is 14.0. The third-order valence-corrected chi connectivity index (χ3v) is 7.30. The highest BCUT2D eigenvalue weighted by molar-refractivity contribution is 7.15. The Labute approximate surface area is 200 Å². The topological polar surface area (TPSA) is 77.9 Å². The number of nitrogens with zero attached hydrogens (tertiary/aromatic N) is 2. The van der Waals surface area contributed by atoms with Crippen molar-refractivity contribution in [2.45, 2.75) is 66.3 Å². The van der Waals surface area contributed by atoms with Crippen molar-refractivity contribution in [1.82, 2.24) is 4.90 Å². The van der Waals surface area contributed by atoms with E-state index in [-0.39, 0.29) is 33.9 Å². The van der Waals surface area contributed by atoms with E-state index in [1.54, 1.807) is 18.0 Å². The van der Waals surface area contributed by atoms with Gasteiger partial charge < -0.3 is 10.0 Å². The molecule has 3 rings (SSSR count). The molecule has 3 atom stereocenters. The molecule has 0 spiro atoms. The zero-order valence-corrected chi connectivity index (χ0v) is 21.2. The number of amides is 2. The van der Waals surface area contributed by atoms with Gasteiger partial charge in [0, 0.05) is 24.9 Å². The predicted octanol–water partition coefficient (Wildman–Crippen LogP) is 4.79. The van der Waals surface area contributed by atoms with E-state index in [1.807, 2.05) is 20.8 Å². The number of allylic oxidation sites excluding steroid dienone is 2. The number of aromatic carboxylic acids is 1. The standard InChI is InChI=1S/C26H34N2O4S/c1-16-9-10-19(17(2)14-16)23(29)28(20-8-7-13-27(6)24(20)30)21-15-18(11-12-26(3,4)5)33-22(21)25(31)32/h9,15,17,19-20H,7-8,10,13-14H2,1-6H3,(H,31,32)/t17-,19?,20-/m0/s1. The van der Waals surface area contributed by atoms with Crippen molar-refractivity contribution < 1.29 is 19.5 Å². The van der Waals surface area contributed by atoms with Crippen LogP contribution in [0.15, 0.2) is 17.7 Å². The molecule has 2 heterocycles. The van der Waals surface area contributed by atoms with Crippen molar-refractivity contribution in [1.29, 1.82) is 0 Å². The Balaban J connectivity index is 2.12. The molecule has 1 aliphatic carbocycles. The summed E-state index contributed by atoms with van der Waals surface area (Å²) in [7, 11) is 1.73. The van der Waals surface area contributed by atoms with E-state index >= 15 is 0 Å². The van der Waals surface area contributed by atoms with Gasteiger partial charge >= 0.3 is 5.97 Å². The third-order valence-electron chi connectivity index (χ3n) is 6.28. The van der Waals surface area contributed by atoms with E-state index in [2.05, 4.69) is 31.8 Å². The van der Waals surface area contributed by atoms with Crippen molar-refractivity contribution >= 4 is 34.8 Å². The normalized spacial score (nSPS) is 23.5. The van der Waals surface area contributed by atoms with Crippen LogP contribution >= 0.6 is 11.3 Å². The SMILES string of the molecule is CC1=CCC(C(=O)N(c2cc(C#CC(C)(C)C)sc2C(=O)O)[C@H]2CCCN(C)C2=O)[C@@H](C)C1. The summed E-state index contributed by atoms with van der Waals surface area (Å²) in [6.07, 6.45) is 4.78. The summed E-state index contributed by atoms with van der Waals surface area (Å²) in [5.41, 5.74) is 1.31. The molecular formula is C26H34N2O4S. The molecule has 1 N–H and O–H groups in total. The number of likely N-dealkylation sites (tertiary alicyclic amines) is 1. The number of carbonyl (C=O) groups is 3. The minimum Gasteiger partial charge on any atom is -0.477 e. The lowest BCUT2D eigenvalue weighted by Gasteiger charge is -2.40. The van der Waals surface area contributed by atoms with Gasteiger partial charge in [0.1, 0.15) is 10.9 Å². The second kappa shape index (κ2) is 9.72. The first-order valence-electron chi connectivity index (χ1n) is 11.5. The van der Waals surface area contributed by atoms with Crippen LogP contribution in [-0.4, -0.2) is 47.4 Å². The number of carboxylic acids is 1. The van der Waals surface area contributed by atoms with Crippen molar-refractivity contribution in [2.75, 3.05) is 18.5 Å². The van der Waals surface area contributed by atoms with Crippen molar-refractivity contribution in [3.05, 3.63) is 27.5 Å². The van der Waals surface area contributed by atoms with E-state index in [1.165, 1.54) is 10.5 Å². The number of thiophene rings is 1. The van der Waals surface area contributed by atoms with Crippen LogP contribution in [0.1, 0.15) is 74.9 Å². The maximum Gasteiger partial charge on any atom is 0.348 e. The smallest absolute Gasteiger partial charge is 0.348 e. The summed E-state index contributed by atoms with van der Waals surface area (Å²) in [6, 6.07) is 0.980. The fourth-order valence-corrected chi connectivity index (χ4v) is 5.37. The van der Waals surface area contributed by atoms with Crippen LogP contribution in [0.3, 0.4) is 0 Å². The summed E-state index contributed by atoms with van der Waals surface area (Å²) in [5, 5.41) is 9.97. The fourth-order valence-electron chi connectivity index (χ4n) is 4.53. The quantitative estimate of drug-likeness (QED) is 0.507. The molecular weight excluding hydrogens is 436 g/mol. The van der Waals surface area contributed by atoms with Gasteiger partial charge in [-0.25, -0.2) is 4.79 Å². The van der Waals surface area contributed by atoms with Gasteiger partial charge in [-0.3, -0.25) is 14.5 Å². The number of likely N-dealkylation sites (N-methyl/N-ethyl adjacent to an activating group) is 1. The van der Waals surface area contributed by atoms with E-state index < -0.39 is 12.0 Å². The van der Waals surface area contributed by atoms with Gasteiger partial charge in [0.25, 0.3) is 0 Å². The molecule has 0 aromatic carbocycles. The summed E-state index contributed by atoms with van der Waals surface area (Å²) in [4.78, 5) is 43.1. The largest absolute Gasteiger partial charge is 0.477 e. The van der Waals surface area contributed by atoms with Gasteiger partial charge in [-0.15, -0.1) is 11.3 Å². The van der Waals surface area contributed by atoms with Crippen LogP contribution in [-0.2, 0) is 9.59 Å². The first-order valence-corrected chi connectivity index (χ1v) is 12.3. The summed E-state index contributed by atoms with van der Waals surface area (Å²) in [6.45, 7) is 10.7. The number of rotatable bonds is 4. The van der Waals surface area contributed by atoms with E-state index in [0.29, 0.717) is 30.0 Å². The molecule has 0 bridgehead atoms. The van der Waals surface area contributed by atoms with E-state index in [0.717, 1.165) is 24.2 Å². The average molecular weight is 471 g/mol.